The summed E-state index contributed by atoms with van der Waals surface area (Å²) in [6.07, 6.45) is 5.44. The molecule has 1 saturated heterocycles. The minimum Gasteiger partial charge on any atom is -0.478 e. The maximum absolute atomic E-state index is 10.2. The van der Waals surface area contributed by atoms with Crippen molar-refractivity contribution in [1.29, 1.82) is 0 Å². The van der Waals surface area contributed by atoms with Crippen LogP contribution < -0.4 is 0 Å². The Labute approximate surface area is 79.0 Å². The lowest BCUT2D eigenvalue weighted by Gasteiger charge is -2.12. The normalized spacial score (nSPS) is 24.2. The zero-order valence-electron chi connectivity index (χ0n) is 8.07. The summed E-state index contributed by atoms with van der Waals surface area (Å²) in [6.45, 7) is 5.23. The number of carboxylic acids is 1. The van der Waals surface area contributed by atoms with E-state index in [9.17, 15) is 4.79 Å². The van der Waals surface area contributed by atoms with Crippen molar-refractivity contribution < 1.29 is 9.90 Å². The SMILES string of the molecule is CCC1CCN(C/C=C/C(=O)O)C1. The summed E-state index contributed by atoms with van der Waals surface area (Å²) in [5.74, 6) is -0.0375. The van der Waals surface area contributed by atoms with Crippen LogP contribution in [0.5, 0.6) is 0 Å². The topological polar surface area (TPSA) is 40.5 Å². The van der Waals surface area contributed by atoms with E-state index in [1.807, 2.05) is 0 Å². The van der Waals surface area contributed by atoms with Crippen LogP contribution in [0.2, 0.25) is 0 Å². The first-order valence-corrected chi connectivity index (χ1v) is 4.84. The van der Waals surface area contributed by atoms with Crippen molar-refractivity contribution in [3.8, 4) is 0 Å². The number of hydrogen-bond donors (Lipinski definition) is 1. The Kier molecular flexibility index (Phi) is 3.96. The van der Waals surface area contributed by atoms with Crippen molar-refractivity contribution in [2.75, 3.05) is 19.6 Å². The Hall–Kier alpha value is -0.830. The van der Waals surface area contributed by atoms with Crippen molar-refractivity contribution in [3.05, 3.63) is 12.2 Å². The molecule has 0 amide bonds. The standard InChI is InChI=1S/C10H17NO2/c1-2-9-5-7-11(8-9)6-3-4-10(12)13/h3-4,9H,2,5-8H2,1H3,(H,12,13)/b4-3+. The fraction of sp³-hybridized carbons (Fsp3) is 0.700. The lowest BCUT2D eigenvalue weighted by molar-refractivity contribution is -0.131. The van der Waals surface area contributed by atoms with Gasteiger partial charge < -0.3 is 5.11 Å². The van der Waals surface area contributed by atoms with Crippen LogP contribution >= 0.6 is 0 Å². The summed E-state index contributed by atoms with van der Waals surface area (Å²) in [7, 11) is 0. The summed E-state index contributed by atoms with van der Waals surface area (Å²) in [4.78, 5) is 12.5. The zero-order chi connectivity index (χ0) is 9.68. The number of likely N-dealkylation sites (tertiary alicyclic amines) is 1. The molecule has 74 valence electrons. The lowest BCUT2D eigenvalue weighted by Crippen LogP contribution is -2.20. The second kappa shape index (κ2) is 5.02. The molecule has 0 aromatic heterocycles. The molecule has 1 aliphatic rings. The quantitative estimate of drug-likeness (QED) is 0.669. The lowest BCUT2D eigenvalue weighted by atomic mass is 10.1. The van der Waals surface area contributed by atoms with Gasteiger partial charge in [0.05, 0.1) is 0 Å². The largest absolute Gasteiger partial charge is 0.478 e. The molecule has 0 aromatic rings. The average molecular weight is 183 g/mol. The fourth-order valence-electron chi connectivity index (χ4n) is 1.71. The third-order valence-electron chi connectivity index (χ3n) is 2.57. The van der Waals surface area contributed by atoms with Crippen LogP contribution in [0.15, 0.2) is 12.2 Å². The highest BCUT2D eigenvalue weighted by Gasteiger charge is 2.19. The molecule has 0 aliphatic carbocycles. The molecular weight excluding hydrogens is 166 g/mol. The molecule has 1 unspecified atom stereocenters. The van der Waals surface area contributed by atoms with E-state index in [2.05, 4.69) is 11.8 Å². The van der Waals surface area contributed by atoms with Crippen molar-refractivity contribution in [2.45, 2.75) is 19.8 Å². The molecule has 1 atom stereocenters. The highest BCUT2D eigenvalue weighted by molar-refractivity contribution is 5.79. The van der Waals surface area contributed by atoms with Gasteiger partial charge in [0, 0.05) is 19.2 Å². The highest BCUT2D eigenvalue weighted by atomic mass is 16.4. The van der Waals surface area contributed by atoms with Gasteiger partial charge in [0.25, 0.3) is 0 Å². The van der Waals surface area contributed by atoms with Crippen molar-refractivity contribution in [2.24, 2.45) is 5.92 Å². The third-order valence-corrected chi connectivity index (χ3v) is 2.57. The maximum Gasteiger partial charge on any atom is 0.328 e. The molecule has 1 rings (SSSR count). The van der Waals surface area contributed by atoms with E-state index < -0.39 is 5.97 Å². The van der Waals surface area contributed by atoms with Crippen LogP contribution in [-0.4, -0.2) is 35.6 Å². The molecule has 1 aliphatic heterocycles. The van der Waals surface area contributed by atoms with E-state index in [1.54, 1.807) is 6.08 Å². The van der Waals surface area contributed by atoms with Gasteiger partial charge in [-0.2, -0.15) is 0 Å². The Bertz CT molecular complexity index is 201. The molecular formula is C10H17NO2. The Morgan fingerprint density at radius 1 is 1.69 bits per heavy atom. The van der Waals surface area contributed by atoms with Gasteiger partial charge in [-0.25, -0.2) is 4.79 Å². The monoisotopic (exact) mass is 183 g/mol. The van der Waals surface area contributed by atoms with E-state index in [0.717, 1.165) is 25.6 Å². The molecule has 3 heteroatoms. The molecule has 13 heavy (non-hydrogen) atoms. The number of carbonyl (C=O) groups is 1. The fourth-order valence-corrected chi connectivity index (χ4v) is 1.71. The van der Waals surface area contributed by atoms with Gasteiger partial charge in [0.2, 0.25) is 0 Å². The molecule has 1 heterocycles. The van der Waals surface area contributed by atoms with Crippen LogP contribution in [0.25, 0.3) is 0 Å². The minimum absolute atomic E-state index is 0.781. The van der Waals surface area contributed by atoms with E-state index in [1.165, 1.54) is 18.9 Å². The molecule has 1 fully saturated rings. The second-order valence-electron chi connectivity index (χ2n) is 3.56. The van der Waals surface area contributed by atoms with Crippen molar-refractivity contribution in [1.82, 2.24) is 4.90 Å². The minimum atomic E-state index is -0.855. The van der Waals surface area contributed by atoms with E-state index in [-0.39, 0.29) is 0 Å². The molecule has 0 radical (unpaired) electrons. The van der Waals surface area contributed by atoms with E-state index in [4.69, 9.17) is 5.11 Å². The maximum atomic E-state index is 10.2. The number of rotatable bonds is 4. The molecule has 0 bridgehead atoms. The molecule has 0 spiro atoms. The van der Waals surface area contributed by atoms with Crippen LogP contribution in [0, 0.1) is 5.92 Å². The van der Waals surface area contributed by atoms with E-state index >= 15 is 0 Å². The first kappa shape index (κ1) is 10.3. The predicted molar refractivity (Wildman–Crippen MR) is 51.6 cm³/mol. The zero-order valence-corrected chi connectivity index (χ0v) is 8.07. The highest BCUT2D eigenvalue weighted by Crippen LogP contribution is 2.18. The number of aliphatic carboxylic acids is 1. The Morgan fingerprint density at radius 3 is 3.00 bits per heavy atom. The molecule has 3 nitrogen and oxygen atoms in total. The van der Waals surface area contributed by atoms with Crippen molar-refractivity contribution >= 4 is 5.97 Å². The number of nitrogens with zero attached hydrogens (tertiary/aromatic N) is 1. The number of hydrogen-bond acceptors (Lipinski definition) is 2. The van der Waals surface area contributed by atoms with Crippen LogP contribution in [0.4, 0.5) is 0 Å². The van der Waals surface area contributed by atoms with Gasteiger partial charge in [-0.05, 0) is 18.9 Å². The third kappa shape index (κ3) is 3.59. The summed E-state index contributed by atoms with van der Waals surface area (Å²) in [5.41, 5.74) is 0. The summed E-state index contributed by atoms with van der Waals surface area (Å²) < 4.78 is 0. The van der Waals surface area contributed by atoms with Gasteiger partial charge >= 0.3 is 5.97 Å². The van der Waals surface area contributed by atoms with Crippen LogP contribution in [0.3, 0.4) is 0 Å². The number of carboxylic acid groups (broad SMARTS) is 1. The molecule has 1 N–H and O–H groups in total. The first-order chi connectivity index (χ1) is 6.22. The van der Waals surface area contributed by atoms with Crippen LogP contribution in [-0.2, 0) is 4.79 Å². The van der Waals surface area contributed by atoms with Gasteiger partial charge in [-0.3, -0.25) is 4.90 Å². The summed E-state index contributed by atoms with van der Waals surface area (Å²) in [6, 6.07) is 0. The van der Waals surface area contributed by atoms with Gasteiger partial charge in [0.15, 0.2) is 0 Å². The van der Waals surface area contributed by atoms with Crippen molar-refractivity contribution in [3.63, 3.8) is 0 Å². The second-order valence-corrected chi connectivity index (χ2v) is 3.56. The van der Waals surface area contributed by atoms with Crippen LogP contribution in [0.1, 0.15) is 19.8 Å². The first-order valence-electron chi connectivity index (χ1n) is 4.84. The smallest absolute Gasteiger partial charge is 0.328 e. The van der Waals surface area contributed by atoms with Gasteiger partial charge in [-0.15, -0.1) is 0 Å². The van der Waals surface area contributed by atoms with Gasteiger partial charge in [0.1, 0.15) is 0 Å². The van der Waals surface area contributed by atoms with Gasteiger partial charge in [-0.1, -0.05) is 19.4 Å². The Morgan fingerprint density at radius 2 is 2.46 bits per heavy atom. The molecule has 0 saturated carbocycles. The van der Waals surface area contributed by atoms with E-state index in [0.29, 0.717) is 0 Å². The molecule has 0 aromatic carbocycles. The summed E-state index contributed by atoms with van der Waals surface area (Å²) in [5, 5.41) is 8.38. The Balaban J connectivity index is 2.20. The summed E-state index contributed by atoms with van der Waals surface area (Å²) >= 11 is 0. The predicted octanol–water partition coefficient (Wildman–Crippen LogP) is 1.36. The average Bonchev–Trinajstić information content (AvgIpc) is 2.52.